The summed E-state index contributed by atoms with van der Waals surface area (Å²) in [4.78, 5) is 14.0. The molecule has 9 heteroatoms. The van der Waals surface area contributed by atoms with Crippen molar-refractivity contribution in [2.75, 3.05) is 38.3 Å². The Morgan fingerprint density at radius 3 is 2.63 bits per heavy atom. The van der Waals surface area contributed by atoms with E-state index in [1.54, 1.807) is 37.4 Å². The lowest BCUT2D eigenvalue weighted by atomic mass is 10.2. The van der Waals surface area contributed by atoms with E-state index >= 15 is 0 Å². The van der Waals surface area contributed by atoms with Crippen molar-refractivity contribution in [3.05, 3.63) is 83.4 Å². The van der Waals surface area contributed by atoms with E-state index in [-0.39, 0.29) is 18.5 Å². The highest BCUT2D eigenvalue weighted by Crippen LogP contribution is 2.25. The number of nitrogens with zero attached hydrogens (tertiary/aromatic N) is 6. The highest BCUT2D eigenvalue weighted by Gasteiger charge is 2.27. The van der Waals surface area contributed by atoms with Crippen LogP contribution in [0.15, 0.2) is 60.7 Å². The zero-order valence-electron chi connectivity index (χ0n) is 21.7. The Morgan fingerprint density at radius 2 is 1.87 bits per heavy atom. The molecule has 5 rings (SSSR count). The number of benzene rings is 2. The van der Waals surface area contributed by atoms with E-state index in [1.165, 1.54) is 6.07 Å². The molecule has 0 amide bonds. The Balaban J connectivity index is 1.25. The predicted octanol–water partition coefficient (Wildman–Crippen LogP) is 4.38. The number of anilines is 1. The third-order valence-electron chi connectivity index (χ3n) is 6.94. The van der Waals surface area contributed by atoms with Gasteiger partial charge in [-0.2, -0.15) is 10.2 Å². The van der Waals surface area contributed by atoms with Gasteiger partial charge in [0.25, 0.3) is 5.88 Å². The molecule has 38 heavy (non-hydrogen) atoms. The number of piperazine rings is 1. The van der Waals surface area contributed by atoms with Gasteiger partial charge in [0.1, 0.15) is 18.2 Å². The van der Waals surface area contributed by atoms with Crippen molar-refractivity contribution in [1.82, 2.24) is 19.4 Å². The molecule has 0 unspecified atom stereocenters. The molecule has 1 saturated heterocycles. The zero-order chi connectivity index (χ0) is 26.5. The van der Waals surface area contributed by atoms with E-state index in [4.69, 9.17) is 19.7 Å². The number of pyridine rings is 1. The minimum Gasteiger partial charge on any atom is -0.471 e. The van der Waals surface area contributed by atoms with Gasteiger partial charge in [0.15, 0.2) is 5.82 Å². The standard InChI is InChI=1S/C29H31FN6O2/c1-21-18-35(27-12-11-24(30)29(33-27)38-20-23-9-7-22(17-31)8-10-23)14-13-34(21)19-28-32-25-5-3-4-6-26(25)36(28)15-16-37-2/h3-12,21H,13-16,18-20H2,1-2H3/t21-/m0/s1. The van der Waals surface area contributed by atoms with Gasteiger partial charge in [-0.3, -0.25) is 4.90 Å². The highest BCUT2D eigenvalue weighted by molar-refractivity contribution is 5.75. The van der Waals surface area contributed by atoms with E-state index in [0.717, 1.165) is 55.1 Å². The van der Waals surface area contributed by atoms with E-state index in [0.29, 0.717) is 18.0 Å². The number of rotatable bonds is 9. The second kappa shape index (κ2) is 11.6. The summed E-state index contributed by atoms with van der Waals surface area (Å²) in [6.45, 7) is 6.84. The van der Waals surface area contributed by atoms with E-state index < -0.39 is 5.82 Å². The van der Waals surface area contributed by atoms with Crippen molar-refractivity contribution in [1.29, 1.82) is 5.26 Å². The topological polar surface area (TPSA) is 79.4 Å². The number of methoxy groups -OCH3 is 1. The summed E-state index contributed by atoms with van der Waals surface area (Å²) >= 11 is 0. The van der Waals surface area contributed by atoms with Gasteiger partial charge < -0.3 is 18.9 Å². The van der Waals surface area contributed by atoms with Crippen molar-refractivity contribution >= 4 is 16.9 Å². The number of para-hydroxylation sites is 2. The summed E-state index contributed by atoms with van der Waals surface area (Å²) in [5, 5.41) is 8.95. The third-order valence-corrected chi connectivity index (χ3v) is 6.94. The van der Waals surface area contributed by atoms with Crippen LogP contribution in [0.3, 0.4) is 0 Å². The third kappa shape index (κ3) is 5.62. The van der Waals surface area contributed by atoms with Gasteiger partial charge in [-0.05, 0) is 48.9 Å². The molecule has 1 aliphatic heterocycles. The Hall–Kier alpha value is -4.00. The summed E-state index contributed by atoms with van der Waals surface area (Å²) in [6, 6.07) is 20.7. The molecule has 0 spiro atoms. The number of hydrogen-bond donors (Lipinski definition) is 0. The quantitative estimate of drug-likeness (QED) is 0.328. The van der Waals surface area contributed by atoms with Crippen molar-refractivity contribution in [3.8, 4) is 11.9 Å². The first-order valence-corrected chi connectivity index (χ1v) is 12.8. The van der Waals surface area contributed by atoms with Gasteiger partial charge >= 0.3 is 0 Å². The molecule has 2 aromatic carbocycles. The lowest BCUT2D eigenvalue weighted by molar-refractivity contribution is 0.166. The molecule has 8 nitrogen and oxygen atoms in total. The Kier molecular flexibility index (Phi) is 7.82. The molecular formula is C29H31FN6O2. The fraction of sp³-hybridized carbons (Fsp3) is 0.345. The van der Waals surface area contributed by atoms with Gasteiger partial charge in [-0.15, -0.1) is 0 Å². The number of hydrogen-bond acceptors (Lipinski definition) is 7. The highest BCUT2D eigenvalue weighted by atomic mass is 19.1. The number of halogens is 1. The average molecular weight is 515 g/mol. The minimum absolute atomic E-state index is 0.0196. The lowest BCUT2D eigenvalue weighted by Crippen LogP contribution is -2.52. The normalized spacial score (nSPS) is 16.1. The molecule has 0 N–H and O–H groups in total. The molecule has 0 radical (unpaired) electrons. The second-order valence-corrected chi connectivity index (χ2v) is 9.48. The summed E-state index contributed by atoms with van der Waals surface area (Å²) in [5.41, 5.74) is 3.53. The monoisotopic (exact) mass is 514 g/mol. The SMILES string of the molecule is COCCn1c(CN2CCN(c3ccc(F)c(OCc4ccc(C#N)cc4)n3)C[C@@H]2C)nc2ccccc21. The molecule has 0 saturated carbocycles. The number of fused-ring (bicyclic) bond motifs is 1. The molecular weight excluding hydrogens is 483 g/mol. The molecule has 0 aliphatic carbocycles. The Morgan fingerprint density at radius 1 is 1.05 bits per heavy atom. The largest absolute Gasteiger partial charge is 0.471 e. The Bertz CT molecular complexity index is 1430. The fourth-order valence-electron chi connectivity index (χ4n) is 4.82. The molecule has 4 aromatic rings. The molecule has 1 atom stereocenters. The fourth-order valence-corrected chi connectivity index (χ4v) is 4.82. The number of nitriles is 1. The van der Waals surface area contributed by atoms with Crippen LogP contribution in [-0.2, 0) is 24.4 Å². The first-order valence-electron chi connectivity index (χ1n) is 12.8. The zero-order valence-corrected chi connectivity index (χ0v) is 21.7. The van der Waals surface area contributed by atoms with Gasteiger partial charge in [0.2, 0.25) is 0 Å². The van der Waals surface area contributed by atoms with Gasteiger partial charge in [-0.25, -0.2) is 9.37 Å². The summed E-state index contributed by atoms with van der Waals surface area (Å²) < 4.78 is 27.8. The first-order chi connectivity index (χ1) is 18.6. The van der Waals surface area contributed by atoms with Crippen molar-refractivity contribution in [2.45, 2.75) is 32.7 Å². The molecule has 2 aromatic heterocycles. The van der Waals surface area contributed by atoms with Crippen LogP contribution < -0.4 is 9.64 Å². The van der Waals surface area contributed by atoms with Crippen LogP contribution in [0.2, 0.25) is 0 Å². The van der Waals surface area contributed by atoms with Gasteiger partial charge in [0.05, 0.1) is 35.8 Å². The molecule has 3 heterocycles. The van der Waals surface area contributed by atoms with E-state index in [1.807, 2.05) is 18.2 Å². The van der Waals surface area contributed by atoms with Crippen LogP contribution in [0.4, 0.5) is 10.2 Å². The van der Waals surface area contributed by atoms with Crippen LogP contribution in [0.1, 0.15) is 23.9 Å². The summed E-state index contributed by atoms with van der Waals surface area (Å²) in [7, 11) is 1.72. The lowest BCUT2D eigenvalue weighted by Gasteiger charge is -2.40. The van der Waals surface area contributed by atoms with Crippen LogP contribution in [0.25, 0.3) is 11.0 Å². The van der Waals surface area contributed by atoms with Crippen molar-refractivity contribution < 1.29 is 13.9 Å². The number of imidazole rings is 1. The predicted molar refractivity (Wildman–Crippen MR) is 143 cm³/mol. The van der Waals surface area contributed by atoms with Crippen molar-refractivity contribution in [3.63, 3.8) is 0 Å². The molecule has 1 fully saturated rings. The summed E-state index contributed by atoms with van der Waals surface area (Å²) in [5.74, 6) is 1.21. The van der Waals surface area contributed by atoms with Crippen LogP contribution >= 0.6 is 0 Å². The second-order valence-electron chi connectivity index (χ2n) is 9.48. The Labute approximate surface area is 221 Å². The maximum absolute atomic E-state index is 14.5. The van der Waals surface area contributed by atoms with Crippen LogP contribution in [-0.4, -0.2) is 58.8 Å². The van der Waals surface area contributed by atoms with E-state index in [9.17, 15) is 4.39 Å². The van der Waals surface area contributed by atoms with Crippen molar-refractivity contribution in [2.24, 2.45) is 0 Å². The smallest absolute Gasteiger partial charge is 0.252 e. The average Bonchev–Trinajstić information content (AvgIpc) is 3.29. The van der Waals surface area contributed by atoms with Gasteiger partial charge in [0, 0.05) is 39.3 Å². The maximum Gasteiger partial charge on any atom is 0.252 e. The molecule has 0 bridgehead atoms. The van der Waals surface area contributed by atoms with Gasteiger partial charge in [-0.1, -0.05) is 24.3 Å². The van der Waals surface area contributed by atoms with Crippen LogP contribution in [0, 0.1) is 17.1 Å². The molecule has 196 valence electrons. The molecule has 1 aliphatic rings. The minimum atomic E-state index is -0.496. The summed E-state index contributed by atoms with van der Waals surface area (Å²) in [6.07, 6.45) is 0. The first kappa shape index (κ1) is 25.6. The number of ether oxygens (including phenoxy) is 2. The maximum atomic E-state index is 14.5. The van der Waals surface area contributed by atoms with Crippen LogP contribution in [0.5, 0.6) is 5.88 Å². The number of aromatic nitrogens is 3. The van der Waals surface area contributed by atoms with E-state index in [2.05, 4.69) is 38.4 Å².